The van der Waals surface area contributed by atoms with E-state index in [0.29, 0.717) is 22.0 Å². The summed E-state index contributed by atoms with van der Waals surface area (Å²) in [7, 11) is -3.95. The van der Waals surface area contributed by atoms with Crippen molar-refractivity contribution in [3.63, 3.8) is 0 Å². The molecule has 2 aromatic carbocycles. The zero-order chi connectivity index (χ0) is 21.2. The van der Waals surface area contributed by atoms with E-state index in [1.165, 1.54) is 11.8 Å². The molecular formula is C22H23N3O2S2. The maximum atomic E-state index is 13.4. The minimum absolute atomic E-state index is 0.127. The highest BCUT2D eigenvalue weighted by atomic mass is 32.2. The van der Waals surface area contributed by atoms with Crippen LogP contribution in [0.15, 0.2) is 52.4 Å². The SMILES string of the molecule is Cc1ccc(S(=O)(=O)[C@H](C#N)c2nc3ccccc3nc2SCC(C)C)cc1C. The summed E-state index contributed by atoms with van der Waals surface area (Å²) in [5.41, 5.74) is 3.32. The molecule has 1 atom stereocenters. The van der Waals surface area contributed by atoms with Crippen LogP contribution in [0, 0.1) is 31.1 Å². The number of nitriles is 1. The zero-order valence-corrected chi connectivity index (χ0v) is 18.5. The van der Waals surface area contributed by atoms with Gasteiger partial charge in [0.2, 0.25) is 9.84 Å². The van der Waals surface area contributed by atoms with Crippen LogP contribution in [0.3, 0.4) is 0 Å². The Bertz CT molecular complexity index is 1200. The highest BCUT2D eigenvalue weighted by molar-refractivity contribution is 7.99. The zero-order valence-electron chi connectivity index (χ0n) is 16.9. The van der Waals surface area contributed by atoms with E-state index in [2.05, 4.69) is 23.8 Å². The molecule has 1 aromatic heterocycles. The molecule has 3 aromatic rings. The molecule has 7 heteroatoms. The molecule has 0 radical (unpaired) electrons. The van der Waals surface area contributed by atoms with E-state index in [4.69, 9.17) is 0 Å². The Morgan fingerprint density at radius 2 is 1.69 bits per heavy atom. The second-order valence-corrected chi connectivity index (χ2v) is 10.4. The maximum Gasteiger partial charge on any atom is 0.200 e. The molecule has 0 unspecified atom stereocenters. The van der Waals surface area contributed by atoms with Gasteiger partial charge in [-0.15, -0.1) is 11.8 Å². The molecule has 0 aliphatic heterocycles. The van der Waals surface area contributed by atoms with Crippen molar-refractivity contribution in [1.29, 1.82) is 5.26 Å². The second kappa shape index (κ2) is 8.52. The number of aromatic nitrogens is 2. The van der Waals surface area contributed by atoms with Crippen LogP contribution >= 0.6 is 11.8 Å². The summed E-state index contributed by atoms with van der Waals surface area (Å²) in [6, 6.07) is 14.2. The number of hydrogen-bond donors (Lipinski definition) is 0. The lowest BCUT2D eigenvalue weighted by molar-refractivity contribution is 0.589. The summed E-state index contributed by atoms with van der Waals surface area (Å²) in [6.07, 6.45) is 0. The fraction of sp³-hybridized carbons (Fsp3) is 0.318. The number of aryl methyl sites for hydroxylation is 2. The van der Waals surface area contributed by atoms with E-state index in [-0.39, 0.29) is 10.6 Å². The first-order chi connectivity index (χ1) is 13.7. The number of para-hydroxylation sites is 2. The van der Waals surface area contributed by atoms with Crippen LogP contribution in [0.4, 0.5) is 0 Å². The standard InChI is InChI=1S/C22H23N3O2S2/c1-14(2)13-28-22-21(24-18-7-5-6-8-19(18)25-22)20(12-23)29(26,27)17-10-9-15(3)16(4)11-17/h5-11,14,20H,13H2,1-4H3/t20-/m1/s1. The van der Waals surface area contributed by atoms with Gasteiger partial charge in [0.25, 0.3) is 0 Å². The third-order valence-corrected chi connectivity index (χ3v) is 7.87. The Morgan fingerprint density at radius 1 is 1.03 bits per heavy atom. The van der Waals surface area contributed by atoms with Gasteiger partial charge >= 0.3 is 0 Å². The largest absolute Gasteiger partial charge is 0.246 e. The van der Waals surface area contributed by atoms with Gasteiger partial charge in [-0.3, -0.25) is 0 Å². The number of benzene rings is 2. The minimum Gasteiger partial charge on any atom is -0.246 e. The second-order valence-electron chi connectivity index (χ2n) is 7.41. The summed E-state index contributed by atoms with van der Waals surface area (Å²) in [5.74, 6) is 1.14. The molecule has 0 spiro atoms. The van der Waals surface area contributed by atoms with Crippen molar-refractivity contribution in [2.24, 2.45) is 5.92 Å². The van der Waals surface area contributed by atoms with Crippen molar-refractivity contribution in [2.45, 2.75) is 42.9 Å². The molecule has 29 heavy (non-hydrogen) atoms. The van der Waals surface area contributed by atoms with Crippen LogP contribution < -0.4 is 0 Å². The van der Waals surface area contributed by atoms with E-state index >= 15 is 0 Å². The Labute approximate surface area is 176 Å². The Balaban J connectivity index is 2.18. The summed E-state index contributed by atoms with van der Waals surface area (Å²) in [4.78, 5) is 9.34. The smallest absolute Gasteiger partial charge is 0.200 e. The van der Waals surface area contributed by atoms with Crippen LogP contribution in [-0.2, 0) is 9.84 Å². The topological polar surface area (TPSA) is 83.7 Å². The Hall–Kier alpha value is -2.43. The number of nitrogens with zero attached hydrogens (tertiary/aromatic N) is 3. The maximum absolute atomic E-state index is 13.4. The molecule has 0 bridgehead atoms. The highest BCUT2D eigenvalue weighted by Gasteiger charge is 2.33. The van der Waals surface area contributed by atoms with Crippen LogP contribution in [0.2, 0.25) is 0 Å². The van der Waals surface area contributed by atoms with E-state index in [9.17, 15) is 13.7 Å². The normalized spacial score (nSPS) is 12.8. The summed E-state index contributed by atoms with van der Waals surface area (Å²) < 4.78 is 26.7. The lowest BCUT2D eigenvalue weighted by Gasteiger charge is -2.16. The van der Waals surface area contributed by atoms with Gasteiger partial charge in [0.15, 0.2) is 5.25 Å². The van der Waals surface area contributed by atoms with E-state index in [0.717, 1.165) is 16.9 Å². The van der Waals surface area contributed by atoms with Gasteiger partial charge in [0.1, 0.15) is 10.7 Å². The van der Waals surface area contributed by atoms with Gasteiger partial charge in [-0.05, 0) is 55.2 Å². The molecule has 150 valence electrons. The third-order valence-electron chi connectivity index (χ3n) is 4.60. The van der Waals surface area contributed by atoms with Crippen molar-refractivity contribution in [3.8, 4) is 6.07 Å². The van der Waals surface area contributed by atoms with Gasteiger partial charge in [-0.25, -0.2) is 18.4 Å². The summed E-state index contributed by atoms with van der Waals surface area (Å²) in [6.45, 7) is 7.93. The fourth-order valence-corrected chi connectivity index (χ4v) is 5.33. The number of thioether (sulfide) groups is 1. The highest BCUT2D eigenvalue weighted by Crippen LogP contribution is 2.35. The quantitative estimate of drug-likeness (QED) is 0.515. The van der Waals surface area contributed by atoms with Crippen molar-refractivity contribution in [3.05, 3.63) is 59.3 Å². The van der Waals surface area contributed by atoms with Crippen LogP contribution in [0.25, 0.3) is 11.0 Å². The molecular weight excluding hydrogens is 402 g/mol. The van der Waals surface area contributed by atoms with Gasteiger partial charge in [0.05, 0.1) is 22.0 Å². The van der Waals surface area contributed by atoms with Gasteiger partial charge < -0.3 is 0 Å². The molecule has 0 N–H and O–H groups in total. The molecule has 0 amide bonds. The molecule has 0 aliphatic carbocycles. The molecule has 0 aliphatic rings. The molecule has 0 saturated heterocycles. The molecule has 1 heterocycles. The molecule has 0 saturated carbocycles. The lowest BCUT2D eigenvalue weighted by Crippen LogP contribution is -2.16. The first-order valence-electron chi connectivity index (χ1n) is 9.34. The van der Waals surface area contributed by atoms with Gasteiger partial charge in [-0.1, -0.05) is 32.0 Å². The first-order valence-corrected chi connectivity index (χ1v) is 11.9. The monoisotopic (exact) mass is 425 g/mol. The van der Waals surface area contributed by atoms with Crippen LogP contribution in [0.1, 0.15) is 35.9 Å². The fourth-order valence-electron chi connectivity index (χ4n) is 2.82. The summed E-state index contributed by atoms with van der Waals surface area (Å²) >= 11 is 1.44. The number of fused-ring (bicyclic) bond motifs is 1. The molecule has 5 nitrogen and oxygen atoms in total. The van der Waals surface area contributed by atoms with Crippen molar-refractivity contribution < 1.29 is 8.42 Å². The predicted octanol–water partition coefficient (Wildman–Crippen LogP) is 5.03. The first kappa shape index (κ1) is 21.3. The van der Waals surface area contributed by atoms with Crippen molar-refractivity contribution in [1.82, 2.24) is 9.97 Å². The van der Waals surface area contributed by atoms with E-state index in [1.807, 2.05) is 38.1 Å². The molecule has 3 rings (SSSR count). The Kier molecular flexibility index (Phi) is 6.25. The van der Waals surface area contributed by atoms with Crippen LogP contribution in [-0.4, -0.2) is 24.1 Å². The number of sulfone groups is 1. The lowest BCUT2D eigenvalue weighted by atomic mass is 10.1. The predicted molar refractivity (Wildman–Crippen MR) is 117 cm³/mol. The minimum atomic E-state index is -3.95. The van der Waals surface area contributed by atoms with E-state index in [1.54, 1.807) is 24.3 Å². The molecule has 0 fully saturated rings. The third kappa shape index (κ3) is 4.44. The van der Waals surface area contributed by atoms with Crippen molar-refractivity contribution >= 4 is 32.6 Å². The number of hydrogen-bond acceptors (Lipinski definition) is 6. The van der Waals surface area contributed by atoms with E-state index < -0.39 is 15.1 Å². The Morgan fingerprint density at radius 3 is 2.28 bits per heavy atom. The van der Waals surface area contributed by atoms with Crippen LogP contribution in [0.5, 0.6) is 0 Å². The van der Waals surface area contributed by atoms with Gasteiger partial charge in [-0.2, -0.15) is 5.26 Å². The number of rotatable bonds is 6. The average molecular weight is 426 g/mol. The van der Waals surface area contributed by atoms with Crippen molar-refractivity contribution in [2.75, 3.05) is 5.75 Å². The summed E-state index contributed by atoms with van der Waals surface area (Å²) in [5, 5.41) is 8.94. The average Bonchev–Trinajstić information content (AvgIpc) is 2.68. The van der Waals surface area contributed by atoms with Gasteiger partial charge in [0, 0.05) is 5.75 Å².